The third-order valence-electron chi connectivity index (χ3n) is 3.52. The molecule has 0 saturated carbocycles. The lowest BCUT2D eigenvalue weighted by Gasteiger charge is -2.31. The Balaban J connectivity index is 4.23. The second-order valence-corrected chi connectivity index (χ2v) is 4.74. The fourth-order valence-corrected chi connectivity index (χ4v) is 2.07. The zero-order chi connectivity index (χ0) is 12.6. The molecule has 0 rings (SSSR count). The number of carboxylic acids is 1. The van der Waals surface area contributed by atoms with Crippen molar-refractivity contribution in [2.45, 2.75) is 52.9 Å². The number of nitrogens with zero attached hydrogens (tertiary/aromatic N) is 1. The van der Waals surface area contributed by atoms with Gasteiger partial charge in [-0.1, -0.05) is 33.6 Å². The van der Waals surface area contributed by atoms with Gasteiger partial charge in [0.15, 0.2) is 0 Å². The van der Waals surface area contributed by atoms with Crippen molar-refractivity contribution < 1.29 is 9.90 Å². The maximum atomic E-state index is 11.3. The van der Waals surface area contributed by atoms with Crippen LogP contribution in [0.1, 0.15) is 52.9 Å². The molecule has 16 heavy (non-hydrogen) atoms. The molecule has 0 atom stereocenters. The molecular formula is C13H27NO2. The Labute approximate surface area is 99.8 Å². The largest absolute Gasteiger partial charge is 0.481 e. The lowest BCUT2D eigenvalue weighted by molar-refractivity contribution is -0.150. The Morgan fingerprint density at radius 1 is 1.19 bits per heavy atom. The van der Waals surface area contributed by atoms with Gasteiger partial charge in [-0.05, 0) is 32.9 Å². The summed E-state index contributed by atoms with van der Waals surface area (Å²) < 4.78 is 0. The summed E-state index contributed by atoms with van der Waals surface area (Å²) in [5.41, 5.74) is -0.555. The summed E-state index contributed by atoms with van der Waals surface area (Å²) in [5.74, 6) is -0.653. The lowest BCUT2D eigenvalue weighted by atomic mass is 9.82. The van der Waals surface area contributed by atoms with E-state index in [4.69, 9.17) is 0 Å². The van der Waals surface area contributed by atoms with E-state index in [0.29, 0.717) is 19.4 Å². The zero-order valence-electron chi connectivity index (χ0n) is 11.3. The van der Waals surface area contributed by atoms with Gasteiger partial charge in [0.2, 0.25) is 0 Å². The molecule has 96 valence electrons. The average molecular weight is 229 g/mol. The minimum absolute atomic E-state index is 0.555. The van der Waals surface area contributed by atoms with E-state index in [-0.39, 0.29) is 0 Å². The summed E-state index contributed by atoms with van der Waals surface area (Å²) in [6.07, 6.45) is 5.01. The zero-order valence-corrected chi connectivity index (χ0v) is 11.3. The molecule has 0 unspecified atom stereocenters. The average Bonchev–Trinajstić information content (AvgIpc) is 2.26. The number of aliphatic carboxylic acids is 1. The number of hydrogen-bond acceptors (Lipinski definition) is 2. The first kappa shape index (κ1) is 15.4. The fourth-order valence-electron chi connectivity index (χ4n) is 2.07. The van der Waals surface area contributed by atoms with E-state index in [9.17, 15) is 9.90 Å². The van der Waals surface area contributed by atoms with E-state index in [0.717, 1.165) is 13.0 Å². The van der Waals surface area contributed by atoms with Crippen LogP contribution in [0.3, 0.4) is 0 Å². The van der Waals surface area contributed by atoms with Crippen LogP contribution in [0.25, 0.3) is 0 Å². The Hall–Kier alpha value is -0.570. The quantitative estimate of drug-likeness (QED) is 0.618. The van der Waals surface area contributed by atoms with E-state index in [1.54, 1.807) is 0 Å². The van der Waals surface area contributed by atoms with Crippen LogP contribution in [0.2, 0.25) is 0 Å². The van der Waals surface area contributed by atoms with Gasteiger partial charge in [-0.15, -0.1) is 0 Å². The van der Waals surface area contributed by atoms with Gasteiger partial charge in [-0.2, -0.15) is 0 Å². The predicted octanol–water partition coefficient (Wildman–Crippen LogP) is 3.00. The van der Waals surface area contributed by atoms with Gasteiger partial charge in [0.25, 0.3) is 0 Å². The molecule has 3 heteroatoms. The molecule has 0 fully saturated rings. The number of hydrogen-bond donors (Lipinski definition) is 1. The first-order valence-electron chi connectivity index (χ1n) is 6.44. The van der Waals surface area contributed by atoms with Gasteiger partial charge in [0, 0.05) is 6.54 Å². The van der Waals surface area contributed by atoms with E-state index in [1.165, 1.54) is 12.8 Å². The molecule has 0 aliphatic carbocycles. The van der Waals surface area contributed by atoms with Gasteiger partial charge < -0.3 is 10.0 Å². The standard InChI is InChI=1S/C13H27NO2/c1-5-8-9-10-14(4)11-13(6-2,7-3)12(15)16/h5-11H2,1-4H3,(H,15,16). The van der Waals surface area contributed by atoms with E-state index < -0.39 is 11.4 Å². The van der Waals surface area contributed by atoms with Crippen molar-refractivity contribution in [3.8, 4) is 0 Å². The van der Waals surface area contributed by atoms with Gasteiger partial charge in [0.1, 0.15) is 0 Å². The van der Waals surface area contributed by atoms with Gasteiger partial charge in [0.05, 0.1) is 5.41 Å². The molecule has 0 radical (unpaired) electrons. The molecule has 0 aliphatic heterocycles. The van der Waals surface area contributed by atoms with E-state index >= 15 is 0 Å². The smallest absolute Gasteiger partial charge is 0.310 e. The molecule has 1 N–H and O–H groups in total. The second kappa shape index (κ2) is 7.66. The van der Waals surface area contributed by atoms with Crippen LogP contribution >= 0.6 is 0 Å². The molecule has 0 aromatic heterocycles. The highest BCUT2D eigenvalue weighted by molar-refractivity contribution is 5.74. The second-order valence-electron chi connectivity index (χ2n) is 4.74. The van der Waals surface area contributed by atoms with Crippen molar-refractivity contribution in [1.82, 2.24) is 4.90 Å². The first-order chi connectivity index (χ1) is 7.52. The van der Waals surface area contributed by atoms with Crippen molar-refractivity contribution in [2.75, 3.05) is 20.1 Å². The van der Waals surface area contributed by atoms with Crippen LogP contribution < -0.4 is 0 Å². The molecule has 0 spiro atoms. The minimum atomic E-state index is -0.653. The summed E-state index contributed by atoms with van der Waals surface area (Å²) in [4.78, 5) is 13.5. The molecule has 0 aliphatic rings. The molecular weight excluding hydrogens is 202 g/mol. The summed E-state index contributed by atoms with van der Waals surface area (Å²) in [6.45, 7) is 7.79. The maximum Gasteiger partial charge on any atom is 0.310 e. The lowest BCUT2D eigenvalue weighted by Crippen LogP contribution is -2.41. The highest BCUT2D eigenvalue weighted by atomic mass is 16.4. The van der Waals surface area contributed by atoms with Gasteiger partial charge >= 0.3 is 5.97 Å². The fraction of sp³-hybridized carbons (Fsp3) is 0.923. The third kappa shape index (κ3) is 4.52. The number of carbonyl (C=O) groups is 1. The summed E-state index contributed by atoms with van der Waals surface area (Å²) in [6, 6.07) is 0. The molecule has 0 amide bonds. The Morgan fingerprint density at radius 2 is 1.75 bits per heavy atom. The SMILES string of the molecule is CCCCCN(C)CC(CC)(CC)C(=O)O. The summed E-state index contributed by atoms with van der Waals surface area (Å²) >= 11 is 0. The number of carboxylic acid groups (broad SMARTS) is 1. The maximum absolute atomic E-state index is 11.3. The van der Waals surface area contributed by atoms with Crippen molar-refractivity contribution >= 4 is 5.97 Å². The molecule has 0 aromatic carbocycles. The molecule has 3 nitrogen and oxygen atoms in total. The number of unbranched alkanes of at least 4 members (excludes halogenated alkanes) is 2. The van der Waals surface area contributed by atoms with Crippen LogP contribution in [0.15, 0.2) is 0 Å². The van der Waals surface area contributed by atoms with Crippen LogP contribution in [0.4, 0.5) is 0 Å². The first-order valence-corrected chi connectivity index (χ1v) is 6.44. The van der Waals surface area contributed by atoms with Crippen molar-refractivity contribution in [1.29, 1.82) is 0 Å². The monoisotopic (exact) mass is 229 g/mol. The molecule has 0 bridgehead atoms. The summed E-state index contributed by atoms with van der Waals surface area (Å²) in [5, 5.41) is 9.32. The Kier molecular flexibility index (Phi) is 7.39. The Morgan fingerprint density at radius 3 is 2.12 bits per heavy atom. The number of rotatable bonds is 9. The van der Waals surface area contributed by atoms with Gasteiger partial charge in [-0.25, -0.2) is 0 Å². The van der Waals surface area contributed by atoms with Crippen LogP contribution in [-0.2, 0) is 4.79 Å². The highest BCUT2D eigenvalue weighted by Crippen LogP contribution is 2.27. The third-order valence-corrected chi connectivity index (χ3v) is 3.52. The minimum Gasteiger partial charge on any atom is -0.481 e. The molecule has 0 aromatic rings. The van der Waals surface area contributed by atoms with E-state index in [1.807, 2.05) is 20.9 Å². The van der Waals surface area contributed by atoms with Crippen LogP contribution in [0.5, 0.6) is 0 Å². The topological polar surface area (TPSA) is 40.5 Å². The molecule has 0 heterocycles. The molecule has 0 saturated heterocycles. The predicted molar refractivity (Wildman–Crippen MR) is 67.7 cm³/mol. The van der Waals surface area contributed by atoms with Crippen molar-refractivity contribution in [3.63, 3.8) is 0 Å². The normalized spacial score (nSPS) is 12.1. The van der Waals surface area contributed by atoms with Crippen molar-refractivity contribution in [3.05, 3.63) is 0 Å². The van der Waals surface area contributed by atoms with Crippen molar-refractivity contribution in [2.24, 2.45) is 5.41 Å². The summed E-state index contributed by atoms with van der Waals surface area (Å²) in [7, 11) is 2.03. The Bertz CT molecular complexity index is 200. The highest BCUT2D eigenvalue weighted by Gasteiger charge is 2.35. The van der Waals surface area contributed by atoms with Gasteiger partial charge in [-0.3, -0.25) is 4.79 Å². The van der Waals surface area contributed by atoms with Crippen LogP contribution in [-0.4, -0.2) is 36.1 Å². The van der Waals surface area contributed by atoms with E-state index in [2.05, 4.69) is 11.8 Å². The van der Waals surface area contributed by atoms with Crippen LogP contribution in [0, 0.1) is 5.41 Å².